The lowest BCUT2D eigenvalue weighted by Crippen LogP contribution is -2.40. The Balaban J connectivity index is 1.65. The van der Waals surface area contributed by atoms with E-state index >= 15 is 0 Å². The predicted octanol–water partition coefficient (Wildman–Crippen LogP) is 3.81. The van der Waals surface area contributed by atoms with E-state index in [-0.39, 0.29) is 11.8 Å². The molecule has 3 heteroatoms. The van der Waals surface area contributed by atoms with Crippen molar-refractivity contribution in [2.24, 2.45) is 0 Å². The van der Waals surface area contributed by atoms with Gasteiger partial charge in [-0.3, -0.25) is 9.69 Å². The van der Waals surface area contributed by atoms with Crippen molar-refractivity contribution >= 4 is 5.91 Å². The average molecular weight is 336 g/mol. The summed E-state index contributed by atoms with van der Waals surface area (Å²) in [4.78, 5) is 15.1. The number of rotatable bonds is 7. The number of carbonyl (C=O) groups is 1. The zero-order chi connectivity index (χ0) is 17.5. The summed E-state index contributed by atoms with van der Waals surface area (Å²) in [7, 11) is 0. The van der Waals surface area contributed by atoms with E-state index in [0.717, 1.165) is 19.6 Å². The summed E-state index contributed by atoms with van der Waals surface area (Å²) in [6.45, 7) is 5.19. The molecule has 1 amide bonds. The van der Waals surface area contributed by atoms with Crippen molar-refractivity contribution in [3.05, 3.63) is 71.8 Å². The molecule has 1 aliphatic heterocycles. The van der Waals surface area contributed by atoms with Gasteiger partial charge in [0.1, 0.15) is 0 Å². The molecule has 0 aliphatic carbocycles. The molecule has 3 nitrogen and oxygen atoms in total. The van der Waals surface area contributed by atoms with E-state index in [1.807, 2.05) is 36.4 Å². The monoisotopic (exact) mass is 336 g/mol. The van der Waals surface area contributed by atoms with Gasteiger partial charge in [-0.1, -0.05) is 67.6 Å². The molecule has 0 bridgehead atoms. The molecule has 1 heterocycles. The van der Waals surface area contributed by atoms with Gasteiger partial charge in [-0.15, -0.1) is 0 Å². The van der Waals surface area contributed by atoms with Crippen molar-refractivity contribution in [2.75, 3.05) is 19.6 Å². The number of nitrogens with zero attached hydrogens (tertiary/aromatic N) is 1. The van der Waals surface area contributed by atoms with Gasteiger partial charge in [0.15, 0.2) is 0 Å². The lowest BCUT2D eigenvalue weighted by molar-refractivity contribution is -0.121. The Kier molecular flexibility index (Phi) is 6.24. The van der Waals surface area contributed by atoms with E-state index in [0.29, 0.717) is 12.5 Å². The molecular formula is C22H28N2O. The van der Waals surface area contributed by atoms with Crippen LogP contribution in [0.15, 0.2) is 60.7 Å². The lowest BCUT2D eigenvalue weighted by Gasteiger charge is -2.24. The quantitative estimate of drug-likeness (QED) is 0.834. The van der Waals surface area contributed by atoms with Crippen LogP contribution >= 0.6 is 0 Å². The highest BCUT2D eigenvalue weighted by Crippen LogP contribution is 2.27. The molecule has 1 N–H and O–H groups in total. The van der Waals surface area contributed by atoms with Gasteiger partial charge in [-0.05, 0) is 37.1 Å². The second kappa shape index (κ2) is 8.82. The van der Waals surface area contributed by atoms with Gasteiger partial charge in [0.05, 0.1) is 0 Å². The van der Waals surface area contributed by atoms with Gasteiger partial charge in [-0.25, -0.2) is 0 Å². The summed E-state index contributed by atoms with van der Waals surface area (Å²) in [6, 6.07) is 21.2. The van der Waals surface area contributed by atoms with Crippen molar-refractivity contribution in [2.45, 2.75) is 38.1 Å². The molecule has 132 valence electrons. The number of nitrogens with one attached hydrogen (secondary N) is 1. The largest absolute Gasteiger partial charge is 0.355 e. The normalized spacial score (nSPS) is 17.8. The van der Waals surface area contributed by atoms with Crippen molar-refractivity contribution < 1.29 is 4.79 Å². The van der Waals surface area contributed by atoms with Crippen LogP contribution in [0, 0.1) is 0 Å². The van der Waals surface area contributed by atoms with E-state index < -0.39 is 0 Å². The number of likely N-dealkylation sites (tertiary alicyclic amines) is 1. The maximum absolute atomic E-state index is 12.6. The van der Waals surface area contributed by atoms with Crippen LogP contribution in [0.5, 0.6) is 0 Å². The fraction of sp³-hybridized carbons (Fsp3) is 0.409. The van der Waals surface area contributed by atoms with Gasteiger partial charge >= 0.3 is 0 Å². The summed E-state index contributed by atoms with van der Waals surface area (Å²) in [5, 5.41) is 3.18. The van der Waals surface area contributed by atoms with Gasteiger partial charge < -0.3 is 5.32 Å². The minimum atomic E-state index is 0.105. The third-order valence-corrected chi connectivity index (χ3v) is 5.23. The fourth-order valence-corrected chi connectivity index (χ4v) is 3.83. The Morgan fingerprint density at radius 1 is 1.08 bits per heavy atom. The Hall–Kier alpha value is -2.13. The Morgan fingerprint density at radius 3 is 2.24 bits per heavy atom. The predicted molar refractivity (Wildman–Crippen MR) is 103 cm³/mol. The van der Waals surface area contributed by atoms with Crippen LogP contribution in [-0.4, -0.2) is 36.5 Å². The molecule has 0 radical (unpaired) electrons. The van der Waals surface area contributed by atoms with Crippen molar-refractivity contribution in [1.82, 2.24) is 10.2 Å². The second-order valence-corrected chi connectivity index (χ2v) is 6.81. The van der Waals surface area contributed by atoms with Crippen LogP contribution in [0.3, 0.4) is 0 Å². The Labute approximate surface area is 151 Å². The zero-order valence-electron chi connectivity index (χ0n) is 15.0. The number of carbonyl (C=O) groups excluding carboxylic acids is 1. The molecular weight excluding hydrogens is 308 g/mol. The van der Waals surface area contributed by atoms with E-state index in [4.69, 9.17) is 0 Å². The van der Waals surface area contributed by atoms with E-state index in [1.165, 1.54) is 24.0 Å². The molecule has 1 saturated heterocycles. The minimum Gasteiger partial charge on any atom is -0.355 e. The molecule has 0 saturated carbocycles. The molecule has 25 heavy (non-hydrogen) atoms. The van der Waals surface area contributed by atoms with Crippen LogP contribution in [0.2, 0.25) is 0 Å². The first-order valence-electron chi connectivity index (χ1n) is 9.38. The fourth-order valence-electron chi connectivity index (χ4n) is 3.83. The highest BCUT2D eigenvalue weighted by Gasteiger charge is 2.24. The van der Waals surface area contributed by atoms with Crippen molar-refractivity contribution in [1.29, 1.82) is 0 Å². The SMILES string of the molecule is CCN1CCCC1CNC(=O)CC(c1ccccc1)c1ccccc1. The third-order valence-electron chi connectivity index (χ3n) is 5.23. The summed E-state index contributed by atoms with van der Waals surface area (Å²) < 4.78 is 0. The van der Waals surface area contributed by atoms with Crippen LogP contribution in [0.4, 0.5) is 0 Å². The summed E-state index contributed by atoms with van der Waals surface area (Å²) in [5.74, 6) is 0.244. The van der Waals surface area contributed by atoms with Crippen LogP contribution in [0.1, 0.15) is 43.2 Å². The number of benzene rings is 2. The number of hydrogen-bond donors (Lipinski definition) is 1. The molecule has 1 aliphatic rings. The summed E-state index contributed by atoms with van der Waals surface area (Å²) in [5.41, 5.74) is 2.39. The van der Waals surface area contributed by atoms with Crippen LogP contribution in [-0.2, 0) is 4.79 Å². The standard InChI is InChI=1S/C22H28N2O/c1-2-24-15-9-14-20(24)17-23-22(25)16-21(18-10-5-3-6-11-18)19-12-7-4-8-13-19/h3-8,10-13,20-21H,2,9,14-17H2,1H3,(H,23,25). The Bertz CT molecular complexity index is 617. The third kappa shape index (κ3) is 4.70. The minimum absolute atomic E-state index is 0.105. The molecule has 0 aromatic heterocycles. The molecule has 1 atom stereocenters. The number of hydrogen-bond acceptors (Lipinski definition) is 2. The second-order valence-electron chi connectivity index (χ2n) is 6.81. The van der Waals surface area contributed by atoms with Crippen LogP contribution < -0.4 is 5.32 Å². The van der Waals surface area contributed by atoms with Gasteiger partial charge in [0, 0.05) is 24.9 Å². The maximum atomic E-state index is 12.6. The Morgan fingerprint density at radius 2 is 1.68 bits per heavy atom. The lowest BCUT2D eigenvalue weighted by atomic mass is 9.88. The maximum Gasteiger partial charge on any atom is 0.221 e. The first-order chi connectivity index (χ1) is 12.3. The first kappa shape index (κ1) is 17.7. The summed E-state index contributed by atoms with van der Waals surface area (Å²) in [6.07, 6.45) is 2.92. The summed E-state index contributed by atoms with van der Waals surface area (Å²) >= 11 is 0. The zero-order valence-corrected chi connectivity index (χ0v) is 15.0. The molecule has 1 fully saturated rings. The van der Waals surface area contributed by atoms with E-state index in [1.54, 1.807) is 0 Å². The first-order valence-corrected chi connectivity index (χ1v) is 9.38. The van der Waals surface area contributed by atoms with Gasteiger partial charge in [0.2, 0.25) is 5.91 Å². The average Bonchev–Trinajstić information content (AvgIpc) is 3.13. The molecule has 3 rings (SSSR count). The highest BCUT2D eigenvalue weighted by atomic mass is 16.1. The molecule has 0 spiro atoms. The topological polar surface area (TPSA) is 32.3 Å². The smallest absolute Gasteiger partial charge is 0.221 e. The van der Waals surface area contributed by atoms with E-state index in [9.17, 15) is 4.79 Å². The van der Waals surface area contributed by atoms with Gasteiger partial charge in [-0.2, -0.15) is 0 Å². The number of likely N-dealkylation sites (N-methyl/N-ethyl adjacent to an activating group) is 1. The molecule has 2 aromatic rings. The molecule has 2 aromatic carbocycles. The highest BCUT2D eigenvalue weighted by molar-refractivity contribution is 5.77. The van der Waals surface area contributed by atoms with Gasteiger partial charge in [0.25, 0.3) is 0 Å². The molecule has 1 unspecified atom stereocenters. The van der Waals surface area contributed by atoms with Crippen molar-refractivity contribution in [3.8, 4) is 0 Å². The number of amides is 1. The van der Waals surface area contributed by atoms with Crippen molar-refractivity contribution in [3.63, 3.8) is 0 Å². The van der Waals surface area contributed by atoms with Crippen LogP contribution in [0.25, 0.3) is 0 Å². The van der Waals surface area contributed by atoms with E-state index in [2.05, 4.69) is 41.4 Å².